The van der Waals surface area contributed by atoms with Crippen LogP contribution in [0.2, 0.25) is 0 Å². The maximum atomic E-state index is 8.89. The average Bonchev–Trinajstić information content (AvgIpc) is 2.08. The summed E-state index contributed by atoms with van der Waals surface area (Å²) in [5, 5.41) is 8.89. The summed E-state index contributed by atoms with van der Waals surface area (Å²) in [5.74, 6) is -0.987. The van der Waals surface area contributed by atoms with Crippen molar-refractivity contribution >= 4 is 0 Å². The highest BCUT2D eigenvalue weighted by Crippen LogP contribution is 2.19. The Morgan fingerprint density at radius 1 is 1.36 bits per heavy atom. The number of hydrogen-bond acceptors (Lipinski definition) is 4. The molecule has 11 heavy (non-hydrogen) atoms. The summed E-state index contributed by atoms with van der Waals surface area (Å²) in [6, 6.07) is 0. The molecule has 4 heteroatoms. The second-order valence-corrected chi connectivity index (χ2v) is 1.95. The minimum Gasteiger partial charge on any atom is -0.496 e. The van der Waals surface area contributed by atoms with Crippen LogP contribution in [0.25, 0.3) is 0 Å². The van der Waals surface area contributed by atoms with Crippen molar-refractivity contribution in [3.8, 4) is 0 Å². The van der Waals surface area contributed by atoms with Crippen molar-refractivity contribution in [2.75, 3.05) is 27.9 Å². The van der Waals surface area contributed by atoms with Crippen LogP contribution in [0.15, 0.2) is 12.3 Å². The molecule has 0 heterocycles. The van der Waals surface area contributed by atoms with Gasteiger partial charge in [-0.05, 0) is 0 Å². The Bertz CT molecular complexity index is 120. The zero-order chi connectivity index (χ0) is 8.91. The molecule has 0 aliphatic heterocycles. The molecule has 0 rings (SSSR count). The van der Waals surface area contributed by atoms with E-state index >= 15 is 0 Å². The molecular weight excluding hydrogens is 148 g/mol. The van der Waals surface area contributed by atoms with Crippen LogP contribution < -0.4 is 0 Å². The van der Waals surface area contributed by atoms with E-state index in [0.717, 1.165) is 0 Å². The van der Waals surface area contributed by atoms with Crippen molar-refractivity contribution < 1.29 is 19.3 Å². The van der Waals surface area contributed by atoms with Crippen LogP contribution in [0.4, 0.5) is 0 Å². The molecule has 1 N–H and O–H groups in total. The molecule has 0 saturated carbocycles. The van der Waals surface area contributed by atoms with Gasteiger partial charge in [0.15, 0.2) is 5.76 Å². The van der Waals surface area contributed by atoms with Crippen molar-refractivity contribution in [1.29, 1.82) is 0 Å². The normalized spacial score (nSPS) is 11.3. The first-order valence-electron chi connectivity index (χ1n) is 3.11. The highest BCUT2D eigenvalue weighted by molar-refractivity contribution is 4.99. The third kappa shape index (κ3) is 1.92. The predicted molar refractivity (Wildman–Crippen MR) is 40.0 cm³/mol. The van der Waals surface area contributed by atoms with Gasteiger partial charge in [0, 0.05) is 14.2 Å². The van der Waals surface area contributed by atoms with E-state index in [4.69, 9.17) is 19.3 Å². The van der Waals surface area contributed by atoms with Crippen LogP contribution in [-0.4, -0.2) is 38.8 Å². The van der Waals surface area contributed by atoms with Gasteiger partial charge in [-0.15, -0.1) is 0 Å². The molecule has 0 unspecified atom stereocenters. The standard InChI is InChI=1S/C7H14O4/c1-6(9-2)7(5-8,10-3)11-4/h8H,1,5H2,2-4H3. The highest BCUT2D eigenvalue weighted by Gasteiger charge is 2.33. The Kier molecular flexibility index (Phi) is 4.10. The Balaban J connectivity index is 4.39. The van der Waals surface area contributed by atoms with Crippen LogP contribution in [0.3, 0.4) is 0 Å². The van der Waals surface area contributed by atoms with Gasteiger partial charge in [0.25, 0.3) is 5.79 Å². The van der Waals surface area contributed by atoms with Crippen LogP contribution >= 0.6 is 0 Å². The molecule has 0 atom stereocenters. The van der Waals surface area contributed by atoms with Gasteiger partial charge < -0.3 is 19.3 Å². The van der Waals surface area contributed by atoms with Gasteiger partial charge in [0.2, 0.25) is 0 Å². The molecule has 0 aromatic rings. The summed E-state index contributed by atoms with van der Waals surface area (Å²) in [5.41, 5.74) is 0. The number of hydrogen-bond donors (Lipinski definition) is 1. The van der Waals surface area contributed by atoms with Crippen LogP contribution in [0, 0.1) is 0 Å². The molecule has 0 saturated heterocycles. The van der Waals surface area contributed by atoms with Crippen molar-refractivity contribution in [1.82, 2.24) is 0 Å². The summed E-state index contributed by atoms with van der Waals surface area (Å²) in [6.45, 7) is 3.20. The number of aliphatic hydroxyl groups is 1. The molecule has 0 amide bonds. The zero-order valence-corrected chi connectivity index (χ0v) is 7.09. The highest BCUT2D eigenvalue weighted by atomic mass is 16.7. The molecule has 0 aliphatic rings. The van der Waals surface area contributed by atoms with Crippen LogP contribution in [0.5, 0.6) is 0 Å². The lowest BCUT2D eigenvalue weighted by Crippen LogP contribution is -2.40. The lowest BCUT2D eigenvalue weighted by molar-refractivity contribution is -0.219. The fourth-order valence-electron chi connectivity index (χ4n) is 0.684. The fraction of sp³-hybridized carbons (Fsp3) is 0.714. The zero-order valence-electron chi connectivity index (χ0n) is 7.09. The summed E-state index contributed by atoms with van der Waals surface area (Å²) < 4.78 is 14.6. The van der Waals surface area contributed by atoms with Crippen molar-refractivity contribution in [3.63, 3.8) is 0 Å². The van der Waals surface area contributed by atoms with Gasteiger partial charge in [-0.2, -0.15) is 0 Å². The van der Waals surface area contributed by atoms with Gasteiger partial charge in [0.05, 0.1) is 7.11 Å². The molecule has 0 aromatic heterocycles. The molecule has 66 valence electrons. The Labute approximate surface area is 66.4 Å². The maximum Gasteiger partial charge on any atom is 0.250 e. The van der Waals surface area contributed by atoms with E-state index in [0.29, 0.717) is 0 Å². The molecule has 0 bridgehead atoms. The van der Waals surface area contributed by atoms with E-state index < -0.39 is 5.79 Å². The average molecular weight is 162 g/mol. The molecule has 4 nitrogen and oxygen atoms in total. The Hall–Kier alpha value is -0.580. The van der Waals surface area contributed by atoms with Crippen molar-refractivity contribution in [2.24, 2.45) is 0 Å². The Morgan fingerprint density at radius 3 is 1.91 bits per heavy atom. The van der Waals surface area contributed by atoms with Gasteiger partial charge in [-0.3, -0.25) is 0 Å². The fourth-order valence-corrected chi connectivity index (χ4v) is 0.684. The minimum atomic E-state index is -1.23. The van der Waals surface area contributed by atoms with Gasteiger partial charge in [-0.25, -0.2) is 0 Å². The lowest BCUT2D eigenvalue weighted by atomic mass is 10.2. The lowest BCUT2D eigenvalue weighted by Gasteiger charge is -2.28. The summed E-state index contributed by atoms with van der Waals surface area (Å²) >= 11 is 0. The third-order valence-electron chi connectivity index (χ3n) is 1.54. The first-order valence-corrected chi connectivity index (χ1v) is 3.11. The first-order chi connectivity index (χ1) is 5.16. The number of aliphatic hydroxyl groups excluding tert-OH is 1. The monoisotopic (exact) mass is 162 g/mol. The first kappa shape index (κ1) is 10.4. The number of methoxy groups -OCH3 is 3. The molecule has 0 aliphatic carbocycles. The number of ether oxygens (including phenoxy) is 3. The quantitative estimate of drug-likeness (QED) is 0.461. The van der Waals surface area contributed by atoms with E-state index in [1.54, 1.807) is 0 Å². The maximum absolute atomic E-state index is 8.89. The SMILES string of the molecule is C=C(OC)C(CO)(OC)OC. The van der Waals surface area contributed by atoms with Gasteiger partial charge in [0.1, 0.15) is 6.61 Å². The predicted octanol–water partition coefficient (Wildman–Crippen LogP) is 0.128. The number of rotatable bonds is 5. The minimum absolute atomic E-state index is 0.241. The summed E-state index contributed by atoms with van der Waals surface area (Å²) in [6.07, 6.45) is 0. The molecule has 0 spiro atoms. The smallest absolute Gasteiger partial charge is 0.250 e. The van der Waals surface area contributed by atoms with Crippen molar-refractivity contribution in [3.05, 3.63) is 12.3 Å². The second-order valence-electron chi connectivity index (χ2n) is 1.95. The van der Waals surface area contributed by atoms with E-state index in [1.807, 2.05) is 0 Å². The largest absolute Gasteiger partial charge is 0.496 e. The molecule has 0 radical (unpaired) electrons. The van der Waals surface area contributed by atoms with E-state index in [1.165, 1.54) is 21.3 Å². The van der Waals surface area contributed by atoms with Crippen molar-refractivity contribution in [2.45, 2.75) is 5.79 Å². The van der Waals surface area contributed by atoms with E-state index in [-0.39, 0.29) is 12.4 Å². The Morgan fingerprint density at radius 2 is 1.82 bits per heavy atom. The molecule has 0 fully saturated rings. The summed E-state index contributed by atoms with van der Waals surface area (Å²) in [4.78, 5) is 0. The van der Waals surface area contributed by atoms with Gasteiger partial charge >= 0.3 is 0 Å². The van der Waals surface area contributed by atoms with Crippen LogP contribution in [-0.2, 0) is 14.2 Å². The van der Waals surface area contributed by atoms with E-state index in [2.05, 4.69) is 6.58 Å². The third-order valence-corrected chi connectivity index (χ3v) is 1.54. The van der Waals surface area contributed by atoms with Crippen LogP contribution in [0.1, 0.15) is 0 Å². The second kappa shape index (κ2) is 4.33. The van der Waals surface area contributed by atoms with Gasteiger partial charge in [-0.1, -0.05) is 6.58 Å². The molecule has 0 aromatic carbocycles. The topological polar surface area (TPSA) is 47.9 Å². The molecular formula is C7H14O4. The summed E-state index contributed by atoms with van der Waals surface area (Å²) in [7, 11) is 4.25. The van der Waals surface area contributed by atoms with E-state index in [9.17, 15) is 0 Å².